The number of benzene rings is 10. The van der Waals surface area contributed by atoms with Crippen LogP contribution in [0.4, 0.5) is 0 Å². The van der Waals surface area contributed by atoms with Gasteiger partial charge >= 0.3 is 0 Å². The van der Waals surface area contributed by atoms with Crippen LogP contribution in [0, 0.1) is 5.92 Å². The Morgan fingerprint density at radius 1 is 0.429 bits per heavy atom. The predicted molar refractivity (Wildman–Crippen MR) is 300 cm³/mol. The van der Waals surface area contributed by atoms with Crippen molar-refractivity contribution in [2.45, 2.75) is 38.3 Å². The maximum absolute atomic E-state index is 2.69. The van der Waals surface area contributed by atoms with E-state index in [1.807, 2.05) is 0 Å². The molecule has 0 aromatic heterocycles. The van der Waals surface area contributed by atoms with Crippen molar-refractivity contribution in [3.63, 3.8) is 0 Å². The van der Waals surface area contributed by atoms with Crippen molar-refractivity contribution in [3.05, 3.63) is 240 Å². The SMILES string of the molecule is CC1(C)c2ccccc2-c2ccc(-c3ccc4c(-c5ccc6c7c(cccc57)-c5ccccc5-6)c5cc6c(cc5c(C5=C7C=CC=C8c9ccccc9C(C=C5)C87)c4c3)[Si](C)(C)c3ccccc3-6)cc21. The molecule has 1 heterocycles. The summed E-state index contributed by atoms with van der Waals surface area (Å²) >= 11 is 0. The lowest BCUT2D eigenvalue weighted by molar-refractivity contribution is 0.660. The van der Waals surface area contributed by atoms with E-state index in [1.165, 1.54) is 154 Å². The van der Waals surface area contributed by atoms with Crippen LogP contribution in [0.2, 0.25) is 13.1 Å². The first-order valence-electron chi connectivity index (χ1n) is 25.2. The van der Waals surface area contributed by atoms with Gasteiger partial charge in [-0.15, -0.1) is 0 Å². The Hall–Kier alpha value is -7.84. The molecule has 10 aromatic rings. The summed E-state index contributed by atoms with van der Waals surface area (Å²) in [5, 5.41) is 11.1. The highest BCUT2D eigenvalue weighted by Gasteiger charge is 2.42. The monoisotopic (exact) mass is 904 g/mol. The highest BCUT2D eigenvalue weighted by molar-refractivity contribution is 7.04. The van der Waals surface area contributed by atoms with Crippen molar-refractivity contribution in [1.29, 1.82) is 0 Å². The fourth-order valence-electron chi connectivity index (χ4n) is 14.6. The maximum atomic E-state index is 2.69. The molecule has 10 aromatic carbocycles. The van der Waals surface area contributed by atoms with Gasteiger partial charge in [0.25, 0.3) is 0 Å². The minimum absolute atomic E-state index is 0.0925. The molecule has 328 valence electrons. The number of allylic oxidation sites excluding steroid dienone is 8. The fourth-order valence-corrected chi connectivity index (χ4v) is 17.7. The van der Waals surface area contributed by atoms with Crippen molar-refractivity contribution < 1.29 is 0 Å². The quantitative estimate of drug-likeness (QED) is 0.122. The second kappa shape index (κ2) is 13.5. The Morgan fingerprint density at radius 3 is 1.93 bits per heavy atom. The third kappa shape index (κ3) is 4.86. The lowest BCUT2D eigenvalue weighted by atomic mass is 9.73. The summed E-state index contributed by atoms with van der Waals surface area (Å²) in [5.74, 6) is 0.596. The molecule has 0 radical (unpaired) electrons. The minimum atomic E-state index is -2.08. The summed E-state index contributed by atoms with van der Waals surface area (Å²) in [6.45, 7) is 9.94. The first-order valence-corrected chi connectivity index (χ1v) is 28.2. The molecule has 0 N–H and O–H groups in total. The third-order valence-corrected chi connectivity index (χ3v) is 21.4. The van der Waals surface area contributed by atoms with Crippen molar-refractivity contribution >= 4 is 61.9 Å². The van der Waals surface area contributed by atoms with Crippen LogP contribution in [0.1, 0.15) is 47.6 Å². The van der Waals surface area contributed by atoms with Gasteiger partial charge in [0.05, 0.1) is 0 Å². The number of rotatable bonds is 3. The molecule has 5 aliphatic carbocycles. The van der Waals surface area contributed by atoms with Crippen LogP contribution in [0.25, 0.3) is 110 Å². The molecule has 70 heavy (non-hydrogen) atoms. The van der Waals surface area contributed by atoms with Crippen molar-refractivity contribution in [1.82, 2.24) is 0 Å². The van der Waals surface area contributed by atoms with Crippen LogP contribution >= 0.6 is 0 Å². The first kappa shape index (κ1) is 39.1. The molecule has 0 spiro atoms. The van der Waals surface area contributed by atoms with Gasteiger partial charge < -0.3 is 0 Å². The summed E-state index contributed by atoms with van der Waals surface area (Å²) in [5.41, 5.74) is 27.2. The molecule has 2 atom stereocenters. The zero-order chi connectivity index (χ0) is 46.4. The van der Waals surface area contributed by atoms with Crippen LogP contribution in [0.15, 0.2) is 212 Å². The van der Waals surface area contributed by atoms with Crippen LogP contribution < -0.4 is 10.4 Å². The Balaban J connectivity index is 1.04. The normalized spacial score (nSPS) is 18.4. The lowest BCUT2D eigenvalue weighted by Crippen LogP contribution is -2.49. The van der Waals surface area contributed by atoms with E-state index < -0.39 is 8.07 Å². The summed E-state index contributed by atoms with van der Waals surface area (Å²) in [6.07, 6.45) is 12.2. The van der Waals surface area contributed by atoms with Gasteiger partial charge in [-0.3, -0.25) is 0 Å². The van der Waals surface area contributed by atoms with Gasteiger partial charge in [-0.25, -0.2) is 0 Å². The van der Waals surface area contributed by atoms with E-state index in [0.29, 0.717) is 5.92 Å². The van der Waals surface area contributed by atoms with Crippen molar-refractivity contribution in [2.75, 3.05) is 0 Å². The van der Waals surface area contributed by atoms with Gasteiger partial charge in [-0.2, -0.15) is 0 Å². The molecule has 0 saturated carbocycles. The Morgan fingerprint density at radius 2 is 1.07 bits per heavy atom. The first-order chi connectivity index (χ1) is 34.3. The Labute approximate surface area is 410 Å². The Bertz CT molecular complexity index is 4210. The molecular weight excluding hydrogens is 857 g/mol. The molecule has 0 saturated heterocycles. The molecule has 16 rings (SSSR count). The zero-order valence-electron chi connectivity index (χ0n) is 39.8. The predicted octanol–water partition coefficient (Wildman–Crippen LogP) is 16.9. The zero-order valence-corrected chi connectivity index (χ0v) is 40.8. The van der Waals surface area contributed by atoms with E-state index in [0.717, 1.165) is 0 Å². The second-order valence-electron chi connectivity index (χ2n) is 21.8. The lowest BCUT2D eigenvalue weighted by Gasteiger charge is -2.30. The molecule has 0 nitrogen and oxygen atoms in total. The summed E-state index contributed by atoms with van der Waals surface area (Å²) < 4.78 is 0. The number of fused-ring (bicyclic) bond motifs is 14. The smallest absolute Gasteiger partial charge is 0.0754 e. The standard InChI is InChI=1S/C69H48Si/c1-69(2)61-25-11-9-19-45(61)46-29-27-40(36-62(46)69)39-28-30-56-58(35-39)68(55-34-32-53-44-18-8-6-16-42(44)49-22-14-24-51(55)66(49)53)60-38-64-57(47-20-10-12-26-63(47)70(64,3)4)37-59(60)67(56)54-33-31-52-43-17-7-5-15-41(43)48-21-13-23-50(54)65(48)52/h5-38,53,66H,1-4H3. The van der Waals surface area contributed by atoms with Gasteiger partial charge in [-0.1, -0.05) is 215 Å². The summed E-state index contributed by atoms with van der Waals surface area (Å²) in [6, 6.07) is 68.4. The molecule has 1 aliphatic heterocycles. The van der Waals surface area contributed by atoms with Crippen LogP contribution in [0.3, 0.4) is 0 Å². The second-order valence-corrected chi connectivity index (χ2v) is 26.1. The molecule has 2 unspecified atom stereocenters. The summed E-state index contributed by atoms with van der Waals surface area (Å²) in [7, 11) is -2.08. The van der Waals surface area contributed by atoms with Crippen LogP contribution in [0.5, 0.6) is 0 Å². The molecular formula is C69H48Si. The van der Waals surface area contributed by atoms with E-state index in [1.54, 1.807) is 0 Å². The minimum Gasteiger partial charge on any atom is -0.0754 e. The van der Waals surface area contributed by atoms with Gasteiger partial charge in [0, 0.05) is 17.3 Å². The molecule has 6 aliphatic rings. The molecule has 0 bridgehead atoms. The average molecular weight is 905 g/mol. The van der Waals surface area contributed by atoms with E-state index in [9.17, 15) is 0 Å². The fraction of sp³-hybridized carbons (Fsp3) is 0.101. The summed E-state index contributed by atoms with van der Waals surface area (Å²) in [4.78, 5) is 0. The van der Waals surface area contributed by atoms with E-state index in [4.69, 9.17) is 0 Å². The van der Waals surface area contributed by atoms with E-state index in [2.05, 4.69) is 233 Å². The third-order valence-electron chi connectivity index (χ3n) is 17.8. The topological polar surface area (TPSA) is 0 Å². The highest BCUT2D eigenvalue weighted by atomic mass is 28.3. The molecule has 0 amide bonds. The largest absolute Gasteiger partial charge is 0.113 e. The van der Waals surface area contributed by atoms with Gasteiger partial charge in [0.2, 0.25) is 0 Å². The maximum Gasteiger partial charge on any atom is 0.113 e. The van der Waals surface area contributed by atoms with E-state index in [-0.39, 0.29) is 11.3 Å². The van der Waals surface area contributed by atoms with Crippen LogP contribution in [-0.2, 0) is 5.41 Å². The average Bonchev–Trinajstić information content (AvgIpc) is 4.06. The highest BCUT2D eigenvalue weighted by Crippen LogP contribution is 2.58. The number of hydrogen-bond donors (Lipinski definition) is 0. The van der Waals surface area contributed by atoms with Gasteiger partial charge in [0.1, 0.15) is 8.07 Å². The molecule has 0 fully saturated rings. The van der Waals surface area contributed by atoms with Crippen LogP contribution in [-0.4, -0.2) is 8.07 Å². The van der Waals surface area contributed by atoms with Crippen molar-refractivity contribution in [3.8, 4) is 66.8 Å². The van der Waals surface area contributed by atoms with Gasteiger partial charge in [-0.05, 0) is 172 Å². The van der Waals surface area contributed by atoms with E-state index >= 15 is 0 Å². The Kier molecular flexibility index (Phi) is 7.52. The molecule has 1 heteroatoms. The van der Waals surface area contributed by atoms with Gasteiger partial charge in [0.15, 0.2) is 0 Å². The number of hydrogen-bond acceptors (Lipinski definition) is 0. The van der Waals surface area contributed by atoms with Crippen molar-refractivity contribution in [2.24, 2.45) is 5.92 Å².